The van der Waals surface area contributed by atoms with Crippen molar-refractivity contribution in [3.63, 3.8) is 0 Å². The van der Waals surface area contributed by atoms with Gasteiger partial charge in [0.25, 0.3) is 0 Å². The molecule has 1 aliphatic carbocycles. The Labute approximate surface area is 137 Å². The van der Waals surface area contributed by atoms with Crippen molar-refractivity contribution in [3.05, 3.63) is 17.0 Å². The number of rotatable bonds is 4. The molecule has 0 radical (unpaired) electrons. The van der Waals surface area contributed by atoms with Gasteiger partial charge in [0.05, 0.1) is 24.9 Å². The van der Waals surface area contributed by atoms with E-state index in [4.69, 9.17) is 9.47 Å². The maximum Gasteiger partial charge on any atom is 0.220 e. The van der Waals surface area contributed by atoms with Gasteiger partial charge in [0.15, 0.2) is 5.79 Å². The van der Waals surface area contributed by atoms with Crippen molar-refractivity contribution in [1.29, 1.82) is 0 Å². The Bertz CT molecular complexity index is 576. The second-order valence-electron chi connectivity index (χ2n) is 6.65. The van der Waals surface area contributed by atoms with Crippen LogP contribution in [0.1, 0.15) is 49.1 Å². The van der Waals surface area contributed by atoms with E-state index in [1.54, 1.807) is 0 Å². The molecular formula is C17H27N3O3. The molecule has 1 aromatic rings. The first-order chi connectivity index (χ1) is 11.0. The number of ether oxygens (including phenoxy) is 2. The fourth-order valence-electron chi connectivity index (χ4n) is 3.80. The average Bonchev–Trinajstić information content (AvgIpc) is 3.07. The summed E-state index contributed by atoms with van der Waals surface area (Å²) in [5.74, 6) is -0.508. The highest BCUT2D eigenvalue weighted by Crippen LogP contribution is 2.36. The van der Waals surface area contributed by atoms with E-state index in [2.05, 4.69) is 10.4 Å². The summed E-state index contributed by atoms with van der Waals surface area (Å²) in [6.45, 7) is 5.29. The van der Waals surface area contributed by atoms with Crippen molar-refractivity contribution in [1.82, 2.24) is 15.1 Å². The van der Waals surface area contributed by atoms with Gasteiger partial charge in [-0.05, 0) is 38.7 Å². The van der Waals surface area contributed by atoms with E-state index in [0.29, 0.717) is 19.6 Å². The minimum atomic E-state index is -0.575. The molecule has 2 aliphatic rings. The van der Waals surface area contributed by atoms with Crippen LogP contribution in [0.25, 0.3) is 0 Å². The highest BCUT2D eigenvalue weighted by atomic mass is 16.7. The number of amides is 1. The van der Waals surface area contributed by atoms with Crippen LogP contribution in [0.2, 0.25) is 0 Å². The van der Waals surface area contributed by atoms with Crippen LogP contribution in [-0.2, 0) is 27.7 Å². The lowest BCUT2D eigenvalue weighted by Gasteiger charge is -2.39. The molecule has 2 heterocycles. The average molecular weight is 321 g/mol. The third kappa shape index (κ3) is 3.28. The summed E-state index contributed by atoms with van der Waals surface area (Å²) in [6.07, 6.45) is 5.20. The number of aromatic nitrogens is 2. The van der Waals surface area contributed by atoms with Crippen LogP contribution in [0, 0.1) is 13.8 Å². The molecule has 1 saturated carbocycles. The number of nitrogens with zero attached hydrogens (tertiary/aromatic N) is 2. The summed E-state index contributed by atoms with van der Waals surface area (Å²) in [7, 11) is 1.94. The number of nitrogens with one attached hydrogen (secondary N) is 1. The van der Waals surface area contributed by atoms with E-state index in [1.807, 2.05) is 25.6 Å². The van der Waals surface area contributed by atoms with Gasteiger partial charge in [-0.2, -0.15) is 5.10 Å². The lowest BCUT2D eigenvalue weighted by atomic mass is 9.88. The molecule has 1 aromatic heterocycles. The Hall–Kier alpha value is -1.40. The minimum Gasteiger partial charge on any atom is -0.348 e. The van der Waals surface area contributed by atoms with Gasteiger partial charge in [-0.25, -0.2) is 0 Å². The smallest absolute Gasteiger partial charge is 0.220 e. The molecular weight excluding hydrogens is 294 g/mol. The van der Waals surface area contributed by atoms with Gasteiger partial charge in [0.2, 0.25) is 5.91 Å². The monoisotopic (exact) mass is 321 g/mol. The van der Waals surface area contributed by atoms with Crippen LogP contribution in [0.3, 0.4) is 0 Å². The molecule has 2 fully saturated rings. The van der Waals surface area contributed by atoms with Gasteiger partial charge in [-0.3, -0.25) is 9.48 Å². The molecule has 0 aromatic carbocycles. The predicted octanol–water partition coefficient (Wildman–Crippen LogP) is 1.77. The Morgan fingerprint density at radius 2 is 2.09 bits per heavy atom. The van der Waals surface area contributed by atoms with E-state index in [-0.39, 0.29) is 11.9 Å². The Kier molecular flexibility index (Phi) is 4.73. The minimum absolute atomic E-state index is 0.0256. The molecule has 128 valence electrons. The number of carbonyl (C=O) groups excluding carboxylic acids is 1. The number of hydrogen-bond donors (Lipinski definition) is 1. The molecule has 0 unspecified atom stereocenters. The standard InChI is InChI=1S/C17H27N3O3/c1-12-14(13(2)20(3)19-12)7-8-16(21)18-15-6-4-5-9-17(15)22-10-11-23-17/h15H,4-11H2,1-3H3,(H,18,21)/t15-/m0/s1. The second-order valence-corrected chi connectivity index (χ2v) is 6.65. The van der Waals surface area contributed by atoms with Gasteiger partial charge in [0.1, 0.15) is 0 Å². The summed E-state index contributed by atoms with van der Waals surface area (Å²) >= 11 is 0. The summed E-state index contributed by atoms with van der Waals surface area (Å²) in [5, 5.41) is 7.56. The van der Waals surface area contributed by atoms with E-state index in [9.17, 15) is 4.79 Å². The first-order valence-corrected chi connectivity index (χ1v) is 8.58. The first-order valence-electron chi connectivity index (χ1n) is 8.58. The van der Waals surface area contributed by atoms with E-state index in [1.165, 1.54) is 5.56 Å². The van der Waals surface area contributed by atoms with Gasteiger partial charge < -0.3 is 14.8 Å². The lowest BCUT2D eigenvalue weighted by Crippen LogP contribution is -2.55. The molecule has 1 amide bonds. The van der Waals surface area contributed by atoms with Crippen LogP contribution in [0.4, 0.5) is 0 Å². The predicted molar refractivity (Wildman–Crippen MR) is 86.0 cm³/mol. The van der Waals surface area contributed by atoms with Gasteiger partial charge >= 0.3 is 0 Å². The molecule has 6 heteroatoms. The number of hydrogen-bond acceptors (Lipinski definition) is 4. The molecule has 1 N–H and O–H groups in total. The molecule has 1 aliphatic heterocycles. The highest BCUT2D eigenvalue weighted by molar-refractivity contribution is 5.76. The maximum atomic E-state index is 12.4. The SMILES string of the molecule is Cc1nn(C)c(C)c1CCC(=O)N[C@H]1CCCCC12OCCO2. The Morgan fingerprint density at radius 3 is 2.74 bits per heavy atom. The second kappa shape index (κ2) is 6.61. The fourth-order valence-corrected chi connectivity index (χ4v) is 3.80. The van der Waals surface area contributed by atoms with Crippen molar-refractivity contribution < 1.29 is 14.3 Å². The van der Waals surface area contributed by atoms with Gasteiger partial charge in [-0.15, -0.1) is 0 Å². The van der Waals surface area contributed by atoms with Crippen LogP contribution >= 0.6 is 0 Å². The van der Waals surface area contributed by atoms with Gasteiger partial charge in [-0.1, -0.05) is 6.42 Å². The largest absolute Gasteiger partial charge is 0.348 e. The zero-order chi connectivity index (χ0) is 16.4. The zero-order valence-corrected chi connectivity index (χ0v) is 14.4. The Morgan fingerprint density at radius 1 is 1.35 bits per heavy atom. The molecule has 3 rings (SSSR count). The van der Waals surface area contributed by atoms with Crippen molar-refractivity contribution >= 4 is 5.91 Å². The van der Waals surface area contributed by atoms with Gasteiger partial charge in [0, 0.05) is 25.6 Å². The first kappa shape index (κ1) is 16.5. The summed E-state index contributed by atoms with van der Waals surface area (Å²) in [5.41, 5.74) is 3.32. The number of aryl methyl sites for hydroxylation is 2. The lowest BCUT2D eigenvalue weighted by molar-refractivity contribution is -0.196. The molecule has 1 saturated heterocycles. The topological polar surface area (TPSA) is 65.4 Å². The van der Waals surface area contributed by atoms with Crippen molar-refractivity contribution in [2.24, 2.45) is 7.05 Å². The zero-order valence-electron chi connectivity index (χ0n) is 14.4. The third-order valence-electron chi connectivity index (χ3n) is 5.17. The molecule has 6 nitrogen and oxygen atoms in total. The quantitative estimate of drug-likeness (QED) is 0.918. The Balaban J connectivity index is 1.58. The highest BCUT2D eigenvalue weighted by Gasteiger charge is 2.46. The summed E-state index contributed by atoms with van der Waals surface area (Å²) in [4.78, 5) is 12.4. The van der Waals surface area contributed by atoms with Crippen LogP contribution in [-0.4, -0.2) is 40.7 Å². The van der Waals surface area contributed by atoms with E-state index < -0.39 is 5.79 Å². The third-order valence-corrected chi connectivity index (χ3v) is 5.17. The van der Waals surface area contributed by atoms with E-state index in [0.717, 1.165) is 43.5 Å². The molecule has 23 heavy (non-hydrogen) atoms. The van der Waals surface area contributed by atoms with Crippen LogP contribution in [0.15, 0.2) is 0 Å². The van der Waals surface area contributed by atoms with Crippen molar-refractivity contribution in [2.45, 2.75) is 64.2 Å². The molecule has 1 spiro atoms. The summed E-state index contributed by atoms with van der Waals surface area (Å²) in [6, 6.07) is -0.0256. The molecule has 1 atom stereocenters. The van der Waals surface area contributed by atoms with Crippen molar-refractivity contribution in [3.8, 4) is 0 Å². The van der Waals surface area contributed by atoms with Crippen LogP contribution in [0.5, 0.6) is 0 Å². The maximum absolute atomic E-state index is 12.4. The summed E-state index contributed by atoms with van der Waals surface area (Å²) < 4.78 is 13.6. The van der Waals surface area contributed by atoms with Crippen LogP contribution < -0.4 is 5.32 Å². The fraction of sp³-hybridized carbons (Fsp3) is 0.765. The normalized spacial score (nSPS) is 23.3. The van der Waals surface area contributed by atoms with Crippen molar-refractivity contribution in [2.75, 3.05) is 13.2 Å². The van der Waals surface area contributed by atoms with E-state index >= 15 is 0 Å². The molecule has 0 bridgehead atoms. The number of carbonyl (C=O) groups is 1.